The molecule has 1 atom stereocenters. The first-order valence-electron chi connectivity index (χ1n) is 11.4. The number of carbonyl (C=O) groups excluding carboxylic acids is 1. The van der Waals surface area contributed by atoms with Crippen LogP contribution in [0.15, 0.2) is 66.7 Å². The minimum atomic E-state index is -0.227. The number of amides is 1. The molecule has 0 radical (unpaired) electrons. The first-order chi connectivity index (χ1) is 15.9. The number of ether oxygens (including phenoxy) is 1. The van der Waals surface area contributed by atoms with E-state index in [9.17, 15) is 4.79 Å². The lowest BCUT2D eigenvalue weighted by Gasteiger charge is -2.17. The van der Waals surface area contributed by atoms with Gasteiger partial charge in [0.15, 0.2) is 0 Å². The van der Waals surface area contributed by atoms with Crippen molar-refractivity contribution in [3.63, 3.8) is 0 Å². The molecule has 0 bridgehead atoms. The summed E-state index contributed by atoms with van der Waals surface area (Å²) in [6.07, 6.45) is 0.354. The molecule has 0 fully saturated rings. The molecule has 33 heavy (non-hydrogen) atoms. The number of aromatic nitrogens is 2. The topological polar surface area (TPSA) is 56.1 Å². The van der Waals surface area contributed by atoms with Crippen LogP contribution in [0.3, 0.4) is 0 Å². The number of nitrogens with one attached hydrogen (secondary N) is 1. The minimum absolute atomic E-state index is 0.0121. The molecule has 0 aliphatic rings. The van der Waals surface area contributed by atoms with E-state index in [2.05, 4.69) is 41.9 Å². The molecule has 0 saturated heterocycles. The van der Waals surface area contributed by atoms with E-state index in [1.807, 2.05) is 62.4 Å². The highest BCUT2D eigenvalue weighted by molar-refractivity contribution is 5.80. The van der Waals surface area contributed by atoms with Gasteiger partial charge in [-0.3, -0.25) is 4.79 Å². The Bertz CT molecular complexity index is 1280. The largest absolute Gasteiger partial charge is 0.491 e. The SMILES string of the molecule is Cc1ccc(OCCn2c(C(C)NC(=O)Cc3ccccc3C)nc3ccccc32)c(C)c1. The van der Waals surface area contributed by atoms with Crippen molar-refractivity contribution in [2.75, 3.05) is 6.61 Å². The second-order valence-corrected chi connectivity index (χ2v) is 8.62. The van der Waals surface area contributed by atoms with Crippen LogP contribution in [0, 0.1) is 20.8 Å². The van der Waals surface area contributed by atoms with Gasteiger partial charge in [0.2, 0.25) is 5.91 Å². The molecule has 4 rings (SSSR count). The Morgan fingerprint density at radius 2 is 1.76 bits per heavy atom. The van der Waals surface area contributed by atoms with Gasteiger partial charge in [-0.05, 0) is 62.6 Å². The molecular weight excluding hydrogens is 410 g/mol. The van der Waals surface area contributed by atoms with Crippen LogP contribution in [0.4, 0.5) is 0 Å². The second-order valence-electron chi connectivity index (χ2n) is 8.62. The van der Waals surface area contributed by atoms with Crippen molar-refractivity contribution in [3.05, 3.63) is 94.8 Å². The summed E-state index contributed by atoms with van der Waals surface area (Å²) in [5, 5.41) is 3.13. The molecule has 0 saturated carbocycles. The van der Waals surface area contributed by atoms with Crippen molar-refractivity contribution >= 4 is 16.9 Å². The van der Waals surface area contributed by atoms with E-state index in [1.54, 1.807) is 0 Å². The molecule has 1 heterocycles. The predicted octanol–water partition coefficient (Wildman–Crippen LogP) is 5.46. The number of imidazole rings is 1. The average molecular weight is 442 g/mol. The van der Waals surface area contributed by atoms with Crippen LogP contribution >= 0.6 is 0 Å². The molecular formula is C28H31N3O2. The molecule has 1 amide bonds. The third-order valence-corrected chi connectivity index (χ3v) is 5.96. The predicted molar refractivity (Wildman–Crippen MR) is 133 cm³/mol. The Morgan fingerprint density at radius 3 is 2.55 bits per heavy atom. The Labute approximate surface area is 195 Å². The van der Waals surface area contributed by atoms with Crippen LogP contribution < -0.4 is 10.1 Å². The van der Waals surface area contributed by atoms with Gasteiger partial charge in [0.25, 0.3) is 0 Å². The smallest absolute Gasteiger partial charge is 0.225 e. The third-order valence-electron chi connectivity index (χ3n) is 5.96. The average Bonchev–Trinajstić information content (AvgIpc) is 3.16. The van der Waals surface area contributed by atoms with E-state index in [0.717, 1.165) is 39.3 Å². The number of aryl methyl sites for hydroxylation is 3. The summed E-state index contributed by atoms with van der Waals surface area (Å²) in [5.74, 6) is 1.71. The molecule has 0 aliphatic heterocycles. The Morgan fingerprint density at radius 1 is 1.00 bits per heavy atom. The van der Waals surface area contributed by atoms with Gasteiger partial charge in [-0.2, -0.15) is 0 Å². The molecule has 4 aromatic rings. The van der Waals surface area contributed by atoms with E-state index in [4.69, 9.17) is 9.72 Å². The number of carbonyl (C=O) groups is 1. The number of benzene rings is 3. The number of hydrogen-bond donors (Lipinski definition) is 1. The van der Waals surface area contributed by atoms with E-state index in [1.165, 1.54) is 5.56 Å². The summed E-state index contributed by atoms with van der Waals surface area (Å²) < 4.78 is 8.24. The number of hydrogen-bond acceptors (Lipinski definition) is 3. The van der Waals surface area contributed by atoms with Crippen molar-refractivity contribution in [2.45, 2.75) is 46.7 Å². The van der Waals surface area contributed by atoms with Crippen molar-refractivity contribution in [2.24, 2.45) is 0 Å². The standard InChI is InChI=1S/C28H31N3O2/c1-19-13-14-26(21(3)17-19)33-16-15-31-25-12-8-7-11-24(25)30-28(31)22(4)29-27(32)18-23-10-6-5-9-20(23)2/h5-14,17,22H,15-16,18H2,1-4H3,(H,29,32). The number of rotatable bonds is 8. The van der Waals surface area contributed by atoms with Crippen LogP contribution in [-0.2, 0) is 17.8 Å². The molecule has 1 aromatic heterocycles. The van der Waals surface area contributed by atoms with Gasteiger partial charge in [0, 0.05) is 0 Å². The van der Waals surface area contributed by atoms with Gasteiger partial charge >= 0.3 is 0 Å². The summed E-state index contributed by atoms with van der Waals surface area (Å²) in [4.78, 5) is 17.6. The first-order valence-corrected chi connectivity index (χ1v) is 11.4. The number of fused-ring (bicyclic) bond motifs is 1. The molecule has 1 unspecified atom stereocenters. The fraction of sp³-hybridized carbons (Fsp3) is 0.286. The van der Waals surface area contributed by atoms with Gasteiger partial charge in [-0.15, -0.1) is 0 Å². The van der Waals surface area contributed by atoms with Crippen molar-refractivity contribution < 1.29 is 9.53 Å². The lowest BCUT2D eigenvalue weighted by molar-refractivity contribution is -0.121. The van der Waals surface area contributed by atoms with E-state index in [-0.39, 0.29) is 11.9 Å². The maximum Gasteiger partial charge on any atom is 0.225 e. The Balaban J connectivity index is 1.50. The molecule has 170 valence electrons. The molecule has 5 nitrogen and oxygen atoms in total. The number of nitrogens with zero attached hydrogens (tertiary/aromatic N) is 2. The molecule has 1 N–H and O–H groups in total. The van der Waals surface area contributed by atoms with Crippen LogP contribution in [0.5, 0.6) is 5.75 Å². The molecule has 3 aromatic carbocycles. The van der Waals surface area contributed by atoms with Crippen molar-refractivity contribution in [3.8, 4) is 5.75 Å². The molecule has 0 aliphatic carbocycles. The maximum atomic E-state index is 12.8. The zero-order valence-electron chi connectivity index (χ0n) is 19.8. The zero-order valence-corrected chi connectivity index (χ0v) is 19.8. The summed E-state index contributed by atoms with van der Waals surface area (Å²) in [7, 11) is 0. The van der Waals surface area contributed by atoms with Crippen LogP contribution in [-0.4, -0.2) is 22.1 Å². The Kier molecular flexibility index (Phi) is 6.78. The van der Waals surface area contributed by atoms with Gasteiger partial charge in [0.05, 0.1) is 30.0 Å². The normalized spacial score (nSPS) is 12.0. The monoisotopic (exact) mass is 441 g/mol. The molecule has 5 heteroatoms. The zero-order chi connectivity index (χ0) is 23.4. The minimum Gasteiger partial charge on any atom is -0.491 e. The maximum absolute atomic E-state index is 12.8. The van der Waals surface area contributed by atoms with Crippen molar-refractivity contribution in [1.29, 1.82) is 0 Å². The van der Waals surface area contributed by atoms with Crippen molar-refractivity contribution in [1.82, 2.24) is 14.9 Å². The van der Waals surface area contributed by atoms with Crippen LogP contribution in [0.1, 0.15) is 41.0 Å². The fourth-order valence-corrected chi connectivity index (χ4v) is 4.21. The molecule has 0 spiro atoms. The van der Waals surface area contributed by atoms with Crippen LogP contribution in [0.25, 0.3) is 11.0 Å². The van der Waals surface area contributed by atoms with Crippen LogP contribution in [0.2, 0.25) is 0 Å². The van der Waals surface area contributed by atoms with E-state index in [0.29, 0.717) is 19.6 Å². The van der Waals surface area contributed by atoms with E-state index >= 15 is 0 Å². The highest BCUT2D eigenvalue weighted by atomic mass is 16.5. The second kappa shape index (κ2) is 9.90. The van der Waals surface area contributed by atoms with Gasteiger partial charge in [0.1, 0.15) is 18.2 Å². The van der Waals surface area contributed by atoms with Gasteiger partial charge in [-0.1, -0.05) is 54.1 Å². The quantitative estimate of drug-likeness (QED) is 0.395. The highest BCUT2D eigenvalue weighted by Crippen LogP contribution is 2.22. The van der Waals surface area contributed by atoms with Gasteiger partial charge < -0.3 is 14.6 Å². The summed E-state index contributed by atoms with van der Waals surface area (Å²) >= 11 is 0. The lowest BCUT2D eigenvalue weighted by atomic mass is 10.1. The first kappa shape index (κ1) is 22.6. The third kappa shape index (κ3) is 5.25. The van der Waals surface area contributed by atoms with E-state index < -0.39 is 0 Å². The highest BCUT2D eigenvalue weighted by Gasteiger charge is 2.19. The summed E-state index contributed by atoms with van der Waals surface area (Å²) in [6.45, 7) is 9.31. The van der Waals surface area contributed by atoms with Gasteiger partial charge in [-0.25, -0.2) is 4.98 Å². The summed E-state index contributed by atoms with van der Waals surface area (Å²) in [5.41, 5.74) is 6.46. The number of para-hydroxylation sites is 2. The summed E-state index contributed by atoms with van der Waals surface area (Å²) in [6, 6.07) is 22.0. The fourth-order valence-electron chi connectivity index (χ4n) is 4.21. The Hall–Kier alpha value is -3.60. The lowest BCUT2D eigenvalue weighted by Crippen LogP contribution is -2.30.